The van der Waals surface area contributed by atoms with E-state index in [-0.39, 0.29) is 0 Å². The van der Waals surface area contributed by atoms with Gasteiger partial charge >= 0.3 is 0 Å². The molecule has 0 aliphatic heterocycles. The summed E-state index contributed by atoms with van der Waals surface area (Å²) in [5, 5.41) is 11.2. The second-order valence-corrected chi connectivity index (χ2v) is 9.61. The van der Waals surface area contributed by atoms with E-state index in [1.165, 1.54) is 0 Å². The van der Waals surface area contributed by atoms with E-state index in [2.05, 4.69) is 37.7 Å². The first-order valence-electron chi connectivity index (χ1n) is 13.9. The molecule has 0 spiro atoms. The molecule has 0 fully saturated rings. The summed E-state index contributed by atoms with van der Waals surface area (Å²) in [6.45, 7) is 4.42. The van der Waals surface area contributed by atoms with Gasteiger partial charge in [-0.15, -0.1) is 0 Å². The molecule has 0 aliphatic rings. The van der Waals surface area contributed by atoms with E-state index in [1.54, 1.807) is 44.6 Å². The number of ether oxygens (including phenoxy) is 2. The van der Waals surface area contributed by atoms with Crippen molar-refractivity contribution in [2.24, 2.45) is 0 Å². The predicted octanol–water partition coefficient (Wildman–Crippen LogP) is 6.80. The van der Waals surface area contributed by atoms with Crippen LogP contribution in [0.2, 0.25) is 0 Å². The summed E-state index contributed by atoms with van der Waals surface area (Å²) < 4.78 is 20.0. The summed E-state index contributed by atoms with van der Waals surface area (Å²) in [5.41, 5.74) is 10.8. The van der Waals surface area contributed by atoms with Crippen LogP contribution in [0.4, 0.5) is 11.6 Å². The maximum absolute atomic E-state index is 10.4. The molecule has 0 saturated heterocycles. The number of methoxy groups -OCH3 is 2. The van der Waals surface area contributed by atoms with E-state index < -0.39 is 0 Å². The highest BCUT2D eigenvalue weighted by Crippen LogP contribution is 2.21. The Balaban J connectivity index is 0.000000171. The largest absolute Gasteiger partial charge is 0.481 e. The lowest BCUT2D eigenvalue weighted by molar-refractivity contribution is 0.112. The molecule has 0 radical (unpaired) electrons. The summed E-state index contributed by atoms with van der Waals surface area (Å²) in [7, 11) is 3.16. The number of nitrogens with one attached hydrogen (secondary N) is 1. The molecule has 0 bridgehead atoms. The first kappa shape index (κ1) is 32.0. The van der Waals surface area contributed by atoms with E-state index in [9.17, 15) is 4.79 Å². The van der Waals surface area contributed by atoms with Crippen LogP contribution in [0.25, 0.3) is 22.5 Å². The Morgan fingerprint density at radius 3 is 1.73 bits per heavy atom. The van der Waals surface area contributed by atoms with Crippen LogP contribution < -0.4 is 20.5 Å². The Labute approximate surface area is 261 Å². The first-order chi connectivity index (χ1) is 21.9. The first-order valence-corrected chi connectivity index (χ1v) is 13.9. The number of hydrogen-bond acceptors (Lipinski definition) is 11. The monoisotopic (exact) mass is 606 g/mol. The number of hydrogen-bond donors (Lipinski definition) is 2. The van der Waals surface area contributed by atoms with Crippen molar-refractivity contribution in [2.45, 2.75) is 20.4 Å². The average molecular weight is 607 g/mol. The van der Waals surface area contributed by atoms with Crippen LogP contribution in [0.1, 0.15) is 27.4 Å². The zero-order valence-electron chi connectivity index (χ0n) is 25.4. The number of carbonyl (C=O) groups excluding carboxylic acids is 1. The lowest BCUT2D eigenvalue weighted by Gasteiger charge is -2.07. The molecule has 6 rings (SSSR count). The van der Waals surface area contributed by atoms with Crippen molar-refractivity contribution in [3.05, 3.63) is 120 Å². The zero-order chi connectivity index (χ0) is 32.0. The van der Waals surface area contributed by atoms with Crippen molar-refractivity contribution in [1.29, 1.82) is 0 Å². The van der Waals surface area contributed by atoms with Gasteiger partial charge in [-0.05, 0) is 31.5 Å². The highest BCUT2D eigenvalue weighted by molar-refractivity contribution is 5.76. The molecule has 3 N–H and O–H groups in total. The summed E-state index contributed by atoms with van der Waals surface area (Å²) in [6.07, 6.45) is 0.817. The minimum absolute atomic E-state index is 0.481. The minimum atomic E-state index is 0.481. The second-order valence-electron chi connectivity index (χ2n) is 9.61. The number of rotatable bonds is 8. The van der Waals surface area contributed by atoms with Gasteiger partial charge in [-0.2, -0.15) is 9.97 Å². The van der Waals surface area contributed by atoms with E-state index in [0.717, 1.165) is 51.7 Å². The van der Waals surface area contributed by atoms with Crippen molar-refractivity contribution in [3.63, 3.8) is 0 Å². The van der Waals surface area contributed by atoms with Crippen molar-refractivity contribution < 1.29 is 23.3 Å². The van der Waals surface area contributed by atoms with Crippen molar-refractivity contribution in [1.82, 2.24) is 20.3 Å². The standard InChI is InChI=1S/C17H17N3O2.C11H9NO2.C6H8N2O/c1-12-10-15(20-22-12)14-8-6-13(7-9-14)11-18-16-4-3-5-17(19-16)21-2;1-8-6-11(12-14-8)10-4-2-9(7-13)3-5-10;1-9-6-4-2-3-5(7)8-6/h3-10H,11H2,1-2H3,(H,18,19);2-7H,1H3;2-4H,1H3,(H2,7,8). The van der Waals surface area contributed by atoms with E-state index in [4.69, 9.17) is 24.3 Å². The molecule has 4 aromatic heterocycles. The molecular formula is C34H34N6O5. The van der Waals surface area contributed by atoms with E-state index in [1.807, 2.05) is 68.4 Å². The summed E-state index contributed by atoms with van der Waals surface area (Å²) in [6, 6.07) is 30.1. The van der Waals surface area contributed by atoms with E-state index in [0.29, 0.717) is 29.7 Å². The normalized spacial score (nSPS) is 10.0. The Kier molecular flexibility index (Phi) is 11.4. The average Bonchev–Trinajstić information content (AvgIpc) is 3.72. The molecule has 11 heteroatoms. The van der Waals surface area contributed by atoms with Crippen molar-refractivity contribution in [2.75, 3.05) is 25.3 Å². The van der Waals surface area contributed by atoms with Crippen LogP contribution in [0, 0.1) is 13.8 Å². The van der Waals surface area contributed by atoms with Gasteiger partial charge in [0, 0.05) is 47.5 Å². The molecule has 230 valence electrons. The maximum atomic E-state index is 10.4. The van der Waals surface area contributed by atoms with Crippen molar-refractivity contribution >= 4 is 17.9 Å². The highest BCUT2D eigenvalue weighted by atomic mass is 16.5. The number of nitrogens with zero attached hydrogens (tertiary/aromatic N) is 4. The smallest absolute Gasteiger partial charge is 0.214 e. The predicted molar refractivity (Wildman–Crippen MR) is 172 cm³/mol. The highest BCUT2D eigenvalue weighted by Gasteiger charge is 2.05. The number of aryl methyl sites for hydroxylation is 2. The zero-order valence-corrected chi connectivity index (χ0v) is 25.4. The molecule has 45 heavy (non-hydrogen) atoms. The van der Waals surface area contributed by atoms with Gasteiger partial charge in [0.15, 0.2) is 0 Å². The molecule has 0 saturated carbocycles. The number of benzene rings is 2. The number of nitrogen functional groups attached to an aromatic ring is 1. The second kappa shape index (κ2) is 16.0. The molecule has 0 atom stereocenters. The number of aromatic nitrogens is 4. The van der Waals surface area contributed by atoms with Crippen LogP contribution in [0.5, 0.6) is 11.8 Å². The Morgan fingerprint density at radius 1 is 0.733 bits per heavy atom. The molecule has 4 heterocycles. The van der Waals surface area contributed by atoms with Crippen molar-refractivity contribution in [3.8, 4) is 34.3 Å². The Morgan fingerprint density at radius 2 is 1.27 bits per heavy atom. The number of aldehydes is 1. The molecular weight excluding hydrogens is 572 g/mol. The third kappa shape index (κ3) is 9.79. The fourth-order valence-electron chi connectivity index (χ4n) is 3.89. The third-order valence-electron chi connectivity index (χ3n) is 6.21. The number of nitrogens with two attached hydrogens (primary N) is 1. The van der Waals surface area contributed by atoms with Gasteiger partial charge in [0.2, 0.25) is 11.8 Å². The molecule has 2 aromatic carbocycles. The fourth-order valence-corrected chi connectivity index (χ4v) is 3.89. The summed E-state index contributed by atoms with van der Waals surface area (Å²) >= 11 is 0. The maximum Gasteiger partial charge on any atom is 0.214 e. The summed E-state index contributed by atoms with van der Waals surface area (Å²) in [4.78, 5) is 18.6. The van der Waals surface area contributed by atoms with Gasteiger partial charge in [0.05, 0.1) is 14.2 Å². The molecule has 11 nitrogen and oxygen atoms in total. The van der Waals surface area contributed by atoms with Crippen LogP contribution in [-0.4, -0.2) is 40.8 Å². The van der Waals surface area contributed by atoms with Crippen LogP contribution in [-0.2, 0) is 6.54 Å². The molecule has 0 amide bonds. The van der Waals surface area contributed by atoms with Gasteiger partial charge in [-0.3, -0.25) is 4.79 Å². The Bertz CT molecular complexity index is 1780. The van der Waals surface area contributed by atoms with Gasteiger partial charge in [0.1, 0.15) is 40.8 Å². The van der Waals surface area contributed by atoms with Crippen LogP contribution in [0.15, 0.2) is 106 Å². The minimum Gasteiger partial charge on any atom is -0.481 e. The lowest BCUT2D eigenvalue weighted by atomic mass is 10.1. The number of carbonyl (C=O) groups is 1. The van der Waals surface area contributed by atoms with Crippen LogP contribution >= 0.6 is 0 Å². The molecule has 0 unspecified atom stereocenters. The summed E-state index contributed by atoms with van der Waals surface area (Å²) in [5.74, 6) is 4.01. The molecule has 6 aromatic rings. The Hall–Kier alpha value is -5.97. The van der Waals surface area contributed by atoms with Crippen LogP contribution in [0.3, 0.4) is 0 Å². The number of anilines is 2. The molecule has 0 aliphatic carbocycles. The quantitative estimate of drug-likeness (QED) is 0.176. The van der Waals surface area contributed by atoms with Gasteiger partial charge < -0.3 is 29.6 Å². The SMILES string of the molecule is COc1cccc(N)n1.COc1cccc(NCc2ccc(-c3cc(C)on3)cc2)n1.Cc1cc(-c2ccc(C=O)cc2)no1. The van der Waals surface area contributed by atoms with E-state index >= 15 is 0 Å². The van der Waals surface area contributed by atoms with Gasteiger partial charge in [-0.1, -0.05) is 71.0 Å². The topological polar surface area (TPSA) is 151 Å². The van der Waals surface area contributed by atoms with Gasteiger partial charge in [-0.25, -0.2) is 0 Å². The third-order valence-corrected chi connectivity index (χ3v) is 6.21. The number of pyridine rings is 2. The van der Waals surface area contributed by atoms with Gasteiger partial charge in [0.25, 0.3) is 0 Å². The lowest BCUT2D eigenvalue weighted by Crippen LogP contribution is -2.01. The fraction of sp³-hybridized carbons (Fsp3) is 0.147.